The zero-order valence-electron chi connectivity index (χ0n) is 16.4. The van der Waals surface area contributed by atoms with Crippen molar-refractivity contribution in [3.63, 3.8) is 0 Å². The number of primary amides is 1. The van der Waals surface area contributed by atoms with E-state index in [1.54, 1.807) is 25.3 Å². The number of hydrogen-bond donors (Lipinski definition) is 2. The van der Waals surface area contributed by atoms with Crippen LogP contribution in [0.25, 0.3) is 22.5 Å². The van der Waals surface area contributed by atoms with Crippen LogP contribution < -0.4 is 5.73 Å². The molecule has 0 fully saturated rings. The number of rotatable bonds is 5. The standard InChI is InChI=1S/C22H20F3N3O2/c1-12-5-6-18(28-10-12)15-8-14(9-16(21(26)30)19(15)13(2)11-29)20-17(22(23,24)25)4-3-7-27-20/h3-10,13,29H,11H2,1-2H3,(H2,26,30)/t13-/m1/s1. The third kappa shape index (κ3) is 4.18. The first-order valence-corrected chi connectivity index (χ1v) is 9.17. The number of carbonyl (C=O) groups excluding carboxylic acids is 1. The summed E-state index contributed by atoms with van der Waals surface area (Å²) < 4.78 is 40.6. The van der Waals surface area contributed by atoms with E-state index in [4.69, 9.17) is 5.73 Å². The molecular weight excluding hydrogens is 395 g/mol. The maximum absolute atomic E-state index is 13.5. The minimum atomic E-state index is -4.63. The lowest BCUT2D eigenvalue weighted by molar-refractivity contribution is -0.137. The largest absolute Gasteiger partial charge is 0.418 e. The van der Waals surface area contributed by atoms with E-state index in [1.807, 2.05) is 6.92 Å². The summed E-state index contributed by atoms with van der Waals surface area (Å²) in [6.07, 6.45) is -1.76. The molecule has 0 aliphatic rings. The molecule has 1 aromatic carbocycles. The van der Waals surface area contributed by atoms with Crippen molar-refractivity contribution in [1.82, 2.24) is 9.97 Å². The Morgan fingerprint density at radius 3 is 2.50 bits per heavy atom. The lowest BCUT2D eigenvalue weighted by Crippen LogP contribution is -2.18. The maximum Gasteiger partial charge on any atom is 0.418 e. The van der Waals surface area contributed by atoms with Gasteiger partial charge in [-0.25, -0.2) is 0 Å². The van der Waals surface area contributed by atoms with E-state index in [-0.39, 0.29) is 23.4 Å². The van der Waals surface area contributed by atoms with Gasteiger partial charge in [0.2, 0.25) is 5.91 Å². The maximum atomic E-state index is 13.5. The number of benzene rings is 1. The van der Waals surface area contributed by atoms with Crippen molar-refractivity contribution in [1.29, 1.82) is 0 Å². The summed E-state index contributed by atoms with van der Waals surface area (Å²) >= 11 is 0. The van der Waals surface area contributed by atoms with Gasteiger partial charge in [0.1, 0.15) is 0 Å². The minimum Gasteiger partial charge on any atom is -0.396 e. The number of aromatic nitrogens is 2. The Morgan fingerprint density at radius 1 is 1.20 bits per heavy atom. The van der Waals surface area contributed by atoms with Crippen molar-refractivity contribution >= 4 is 5.91 Å². The van der Waals surface area contributed by atoms with Crippen LogP contribution >= 0.6 is 0 Å². The summed E-state index contributed by atoms with van der Waals surface area (Å²) in [7, 11) is 0. The lowest BCUT2D eigenvalue weighted by atomic mass is 9.86. The number of halogens is 3. The first-order chi connectivity index (χ1) is 14.1. The molecule has 30 heavy (non-hydrogen) atoms. The van der Waals surface area contributed by atoms with Crippen molar-refractivity contribution in [3.8, 4) is 22.5 Å². The molecule has 0 aliphatic carbocycles. The summed E-state index contributed by atoms with van der Waals surface area (Å²) in [6.45, 7) is 3.26. The van der Waals surface area contributed by atoms with Gasteiger partial charge in [0.15, 0.2) is 0 Å². The molecular formula is C22H20F3N3O2. The van der Waals surface area contributed by atoms with Crippen LogP contribution in [0.1, 0.15) is 39.9 Å². The summed E-state index contributed by atoms with van der Waals surface area (Å²) in [4.78, 5) is 20.5. The fraction of sp³-hybridized carbons (Fsp3) is 0.227. The molecule has 0 spiro atoms. The first-order valence-electron chi connectivity index (χ1n) is 9.17. The van der Waals surface area contributed by atoms with Gasteiger partial charge in [-0.15, -0.1) is 0 Å². The van der Waals surface area contributed by atoms with Gasteiger partial charge in [0, 0.05) is 41.6 Å². The van der Waals surface area contributed by atoms with Gasteiger partial charge in [-0.2, -0.15) is 13.2 Å². The summed E-state index contributed by atoms with van der Waals surface area (Å²) in [5.41, 5.74) is 6.62. The topological polar surface area (TPSA) is 89.1 Å². The zero-order chi connectivity index (χ0) is 22.1. The number of aliphatic hydroxyl groups is 1. The number of amides is 1. The number of alkyl halides is 3. The highest BCUT2D eigenvalue weighted by Gasteiger charge is 2.35. The number of carbonyl (C=O) groups is 1. The van der Waals surface area contributed by atoms with Crippen LogP contribution in [0.5, 0.6) is 0 Å². The molecule has 3 N–H and O–H groups in total. The molecule has 8 heteroatoms. The molecule has 1 amide bonds. The summed E-state index contributed by atoms with van der Waals surface area (Å²) in [6, 6.07) is 8.43. The van der Waals surface area contributed by atoms with Gasteiger partial charge in [0.05, 0.1) is 17.0 Å². The molecule has 156 valence electrons. The molecule has 0 bridgehead atoms. The van der Waals surface area contributed by atoms with Crippen LogP contribution in [-0.4, -0.2) is 27.6 Å². The molecule has 3 rings (SSSR count). The second kappa shape index (κ2) is 8.23. The van der Waals surface area contributed by atoms with E-state index in [0.717, 1.165) is 11.6 Å². The highest BCUT2D eigenvalue weighted by molar-refractivity contribution is 5.98. The zero-order valence-corrected chi connectivity index (χ0v) is 16.4. The quantitative estimate of drug-likeness (QED) is 0.649. The van der Waals surface area contributed by atoms with Crippen LogP contribution in [0, 0.1) is 6.92 Å². The summed E-state index contributed by atoms with van der Waals surface area (Å²) in [5.74, 6) is -1.31. The molecule has 5 nitrogen and oxygen atoms in total. The molecule has 0 radical (unpaired) electrons. The van der Waals surface area contributed by atoms with Crippen molar-refractivity contribution in [3.05, 3.63) is 71.0 Å². The summed E-state index contributed by atoms with van der Waals surface area (Å²) in [5, 5.41) is 9.71. The van der Waals surface area contributed by atoms with Gasteiger partial charge in [0.25, 0.3) is 0 Å². The smallest absolute Gasteiger partial charge is 0.396 e. The molecule has 2 heterocycles. The van der Waals surface area contributed by atoms with E-state index in [0.29, 0.717) is 16.8 Å². The molecule has 0 saturated carbocycles. The van der Waals surface area contributed by atoms with Gasteiger partial charge >= 0.3 is 6.18 Å². The Hall–Kier alpha value is -3.26. The highest BCUT2D eigenvalue weighted by atomic mass is 19.4. The van der Waals surface area contributed by atoms with Crippen molar-refractivity contribution < 1.29 is 23.1 Å². The predicted molar refractivity (Wildman–Crippen MR) is 107 cm³/mol. The number of aryl methyl sites for hydroxylation is 1. The number of aliphatic hydroxyl groups excluding tert-OH is 1. The first kappa shape index (κ1) is 21.4. The predicted octanol–water partition coefficient (Wildman–Crippen LogP) is 4.33. The van der Waals surface area contributed by atoms with Gasteiger partial charge in [-0.3, -0.25) is 14.8 Å². The van der Waals surface area contributed by atoms with Crippen LogP contribution in [0.15, 0.2) is 48.8 Å². The fourth-order valence-electron chi connectivity index (χ4n) is 3.32. The number of nitrogens with zero attached hydrogens (tertiary/aromatic N) is 2. The van der Waals surface area contributed by atoms with E-state index < -0.39 is 23.6 Å². The molecule has 2 aromatic heterocycles. The third-order valence-corrected chi connectivity index (χ3v) is 4.79. The lowest BCUT2D eigenvalue weighted by Gasteiger charge is -2.20. The van der Waals surface area contributed by atoms with E-state index in [1.165, 1.54) is 24.4 Å². The Labute approximate surface area is 171 Å². The Kier molecular flexibility index (Phi) is 5.89. The number of nitrogens with two attached hydrogens (primary N) is 1. The second-order valence-corrected chi connectivity index (χ2v) is 7.05. The number of hydrogen-bond acceptors (Lipinski definition) is 4. The number of pyridine rings is 2. The Bertz CT molecular complexity index is 1080. The van der Waals surface area contributed by atoms with Crippen molar-refractivity contribution in [2.24, 2.45) is 5.73 Å². The highest BCUT2D eigenvalue weighted by Crippen LogP contribution is 2.40. The van der Waals surface area contributed by atoms with Crippen LogP contribution in [-0.2, 0) is 6.18 Å². The van der Waals surface area contributed by atoms with E-state index in [9.17, 15) is 23.1 Å². The van der Waals surface area contributed by atoms with Crippen LogP contribution in [0.2, 0.25) is 0 Å². The molecule has 3 aromatic rings. The van der Waals surface area contributed by atoms with Gasteiger partial charge in [-0.1, -0.05) is 13.0 Å². The normalized spacial score (nSPS) is 12.6. The molecule has 0 saturated heterocycles. The van der Waals surface area contributed by atoms with Gasteiger partial charge in [-0.05, 0) is 48.4 Å². The van der Waals surface area contributed by atoms with E-state index in [2.05, 4.69) is 9.97 Å². The second-order valence-electron chi connectivity index (χ2n) is 7.05. The van der Waals surface area contributed by atoms with Crippen LogP contribution in [0.4, 0.5) is 13.2 Å². The van der Waals surface area contributed by atoms with Gasteiger partial charge < -0.3 is 10.8 Å². The fourth-order valence-corrected chi connectivity index (χ4v) is 3.32. The SMILES string of the molecule is Cc1ccc(-c2cc(-c3ncccc3C(F)(F)F)cc(C(N)=O)c2[C@H](C)CO)nc1. The molecule has 0 unspecified atom stereocenters. The monoisotopic (exact) mass is 415 g/mol. The average molecular weight is 415 g/mol. The Morgan fingerprint density at radius 2 is 1.93 bits per heavy atom. The Balaban J connectivity index is 2.38. The molecule has 1 atom stereocenters. The minimum absolute atomic E-state index is 0.0187. The van der Waals surface area contributed by atoms with E-state index >= 15 is 0 Å². The van der Waals surface area contributed by atoms with Crippen LogP contribution in [0.3, 0.4) is 0 Å². The van der Waals surface area contributed by atoms with Crippen molar-refractivity contribution in [2.45, 2.75) is 25.9 Å². The average Bonchev–Trinajstić information content (AvgIpc) is 2.72. The van der Waals surface area contributed by atoms with Crippen molar-refractivity contribution in [2.75, 3.05) is 6.61 Å². The molecule has 0 aliphatic heterocycles. The third-order valence-electron chi connectivity index (χ3n) is 4.79.